The van der Waals surface area contributed by atoms with E-state index >= 15 is 0 Å². The number of morpholine rings is 1. The van der Waals surface area contributed by atoms with Crippen LogP contribution in [-0.2, 0) is 14.3 Å². The molecule has 2 amide bonds. The molecule has 1 N–H and O–H groups in total. The van der Waals surface area contributed by atoms with Gasteiger partial charge in [0.05, 0.1) is 13.2 Å². The zero-order chi connectivity index (χ0) is 16.4. The molecule has 0 saturated carbocycles. The Labute approximate surface area is 136 Å². The van der Waals surface area contributed by atoms with Gasteiger partial charge in [-0.05, 0) is 13.0 Å². The highest BCUT2D eigenvalue weighted by molar-refractivity contribution is 6.06. The summed E-state index contributed by atoms with van der Waals surface area (Å²) in [5.41, 5.74) is 2.89. The van der Waals surface area contributed by atoms with Crippen molar-refractivity contribution >= 4 is 17.5 Å². The maximum absolute atomic E-state index is 12.7. The summed E-state index contributed by atoms with van der Waals surface area (Å²) in [5, 5.41) is 2.78. The van der Waals surface area contributed by atoms with Crippen molar-refractivity contribution in [2.75, 3.05) is 44.3 Å². The Morgan fingerprint density at radius 1 is 1.30 bits per heavy atom. The van der Waals surface area contributed by atoms with Crippen molar-refractivity contribution in [2.24, 2.45) is 0 Å². The number of hydrogen-bond donors (Lipinski definition) is 1. The molecule has 3 rings (SSSR count). The number of carbonyl (C=O) groups is 2. The minimum Gasteiger partial charge on any atom is -0.379 e. The van der Waals surface area contributed by atoms with Gasteiger partial charge in [0.1, 0.15) is 6.04 Å². The Balaban J connectivity index is 1.77. The number of amides is 2. The lowest BCUT2D eigenvalue weighted by atomic mass is 10.1. The molecule has 1 atom stereocenters. The number of rotatable bonds is 4. The Morgan fingerprint density at radius 2 is 2.04 bits per heavy atom. The zero-order valence-electron chi connectivity index (χ0n) is 13.7. The molecule has 0 radical (unpaired) electrons. The van der Waals surface area contributed by atoms with Gasteiger partial charge in [0, 0.05) is 44.4 Å². The fraction of sp³-hybridized carbons (Fsp3) is 0.529. The fourth-order valence-electron chi connectivity index (χ4n) is 3.20. The van der Waals surface area contributed by atoms with Crippen LogP contribution in [-0.4, -0.2) is 56.1 Å². The van der Waals surface area contributed by atoms with Gasteiger partial charge in [-0.3, -0.25) is 14.5 Å². The first kappa shape index (κ1) is 16.0. The van der Waals surface area contributed by atoms with Gasteiger partial charge >= 0.3 is 0 Å². The van der Waals surface area contributed by atoms with E-state index in [1.54, 1.807) is 4.90 Å². The molecule has 124 valence electrons. The highest BCUT2D eigenvalue weighted by atomic mass is 16.5. The number of aryl methyl sites for hydroxylation is 1. The Bertz CT molecular complexity index is 611. The highest BCUT2D eigenvalue weighted by Gasteiger charge is 2.37. The number of nitrogens with zero attached hydrogens (tertiary/aromatic N) is 2. The standard InChI is InChI=1S/C17H23N3O3/c1-12-3-4-15-14(11-12)16(18-13(2)21)17(22)20(15)6-5-19-7-9-23-10-8-19/h3-4,11,16H,5-10H2,1-2H3,(H,18,21)/t16-/m1/s1. The largest absolute Gasteiger partial charge is 0.379 e. The van der Waals surface area contributed by atoms with Gasteiger partial charge in [0.15, 0.2) is 0 Å². The molecule has 2 aliphatic heterocycles. The van der Waals surface area contributed by atoms with Crippen molar-refractivity contribution in [1.82, 2.24) is 10.2 Å². The van der Waals surface area contributed by atoms with Crippen molar-refractivity contribution in [2.45, 2.75) is 19.9 Å². The van der Waals surface area contributed by atoms with E-state index in [4.69, 9.17) is 4.74 Å². The molecular weight excluding hydrogens is 294 g/mol. The third-order valence-corrected chi connectivity index (χ3v) is 4.39. The van der Waals surface area contributed by atoms with Crippen LogP contribution in [0.25, 0.3) is 0 Å². The summed E-state index contributed by atoms with van der Waals surface area (Å²) in [4.78, 5) is 28.3. The van der Waals surface area contributed by atoms with Crippen molar-refractivity contribution in [1.29, 1.82) is 0 Å². The monoisotopic (exact) mass is 317 g/mol. The Hall–Kier alpha value is -1.92. The molecule has 2 aliphatic rings. The third-order valence-electron chi connectivity index (χ3n) is 4.39. The van der Waals surface area contributed by atoms with E-state index in [1.165, 1.54) is 6.92 Å². The molecule has 23 heavy (non-hydrogen) atoms. The lowest BCUT2D eigenvalue weighted by molar-refractivity contribution is -0.126. The van der Waals surface area contributed by atoms with Crippen LogP contribution in [0.15, 0.2) is 18.2 Å². The Morgan fingerprint density at radius 3 is 2.74 bits per heavy atom. The van der Waals surface area contributed by atoms with Gasteiger partial charge in [-0.1, -0.05) is 17.7 Å². The smallest absolute Gasteiger partial charge is 0.254 e. The van der Waals surface area contributed by atoms with Crippen LogP contribution in [0.2, 0.25) is 0 Å². The predicted molar refractivity (Wildman–Crippen MR) is 87.3 cm³/mol. The summed E-state index contributed by atoms with van der Waals surface area (Å²) in [6.45, 7) is 8.18. The summed E-state index contributed by atoms with van der Waals surface area (Å²) < 4.78 is 5.35. The Kier molecular flexibility index (Phi) is 4.63. The van der Waals surface area contributed by atoms with Gasteiger partial charge in [0.25, 0.3) is 5.91 Å². The average Bonchev–Trinajstić information content (AvgIpc) is 2.78. The number of carbonyl (C=O) groups excluding carboxylic acids is 2. The van der Waals surface area contributed by atoms with Crippen LogP contribution < -0.4 is 10.2 Å². The highest BCUT2D eigenvalue weighted by Crippen LogP contribution is 2.36. The molecule has 0 spiro atoms. The number of benzene rings is 1. The summed E-state index contributed by atoms with van der Waals surface area (Å²) >= 11 is 0. The SMILES string of the molecule is CC(=O)N[C@H]1C(=O)N(CCN2CCOCC2)c2ccc(C)cc21. The first-order valence-corrected chi connectivity index (χ1v) is 8.05. The fourth-order valence-corrected chi connectivity index (χ4v) is 3.20. The first-order chi connectivity index (χ1) is 11.1. The molecule has 0 aliphatic carbocycles. The van der Waals surface area contributed by atoms with E-state index in [1.807, 2.05) is 25.1 Å². The van der Waals surface area contributed by atoms with Crippen molar-refractivity contribution in [3.63, 3.8) is 0 Å². The molecule has 6 heteroatoms. The number of ether oxygens (including phenoxy) is 1. The van der Waals surface area contributed by atoms with Crippen LogP contribution in [0, 0.1) is 6.92 Å². The number of anilines is 1. The minimum atomic E-state index is -0.563. The normalized spacial score (nSPS) is 21.4. The molecule has 1 saturated heterocycles. The van der Waals surface area contributed by atoms with Crippen molar-refractivity contribution in [3.8, 4) is 0 Å². The topological polar surface area (TPSA) is 61.9 Å². The van der Waals surface area contributed by atoms with Crippen LogP contribution in [0.3, 0.4) is 0 Å². The van der Waals surface area contributed by atoms with Crippen LogP contribution in [0.4, 0.5) is 5.69 Å². The predicted octanol–water partition coefficient (Wildman–Crippen LogP) is 0.851. The van der Waals surface area contributed by atoms with Crippen LogP contribution in [0.1, 0.15) is 24.1 Å². The van der Waals surface area contributed by atoms with Gasteiger partial charge in [-0.15, -0.1) is 0 Å². The lowest BCUT2D eigenvalue weighted by Crippen LogP contribution is -2.43. The second-order valence-electron chi connectivity index (χ2n) is 6.14. The van der Waals surface area contributed by atoms with Crippen LogP contribution >= 0.6 is 0 Å². The zero-order valence-corrected chi connectivity index (χ0v) is 13.7. The van der Waals surface area contributed by atoms with Gasteiger partial charge in [-0.2, -0.15) is 0 Å². The van der Waals surface area contributed by atoms with Gasteiger partial charge in [-0.25, -0.2) is 0 Å². The quantitative estimate of drug-likeness (QED) is 0.894. The van der Waals surface area contributed by atoms with Crippen molar-refractivity contribution < 1.29 is 14.3 Å². The summed E-state index contributed by atoms with van der Waals surface area (Å²) in [7, 11) is 0. The first-order valence-electron chi connectivity index (χ1n) is 8.05. The number of nitrogens with one attached hydrogen (secondary N) is 1. The van der Waals surface area contributed by atoms with Gasteiger partial charge < -0.3 is 15.0 Å². The molecule has 0 unspecified atom stereocenters. The molecule has 6 nitrogen and oxygen atoms in total. The van der Waals surface area contributed by atoms with Crippen LogP contribution in [0.5, 0.6) is 0 Å². The maximum atomic E-state index is 12.7. The third kappa shape index (κ3) is 3.38. The molecule has 1 aromatic rings. The van der Waals surface area contributed by atoms with E-state index < -0.39 is 6.04 Å². The molecule has 1 aromatic carbocycles. The molecular formula is C17H23N3O3. The van der Waals surface area contributed by atoms with E-state index in [0.717, 1.165) is 49.7 Å². The number of hydrogen-bond acceptors (Lipinski definition) is 4. The van der Waals surface area contributed by atoms with E-state index in [9.17, 15) is 9.59 Å². The summed E-state index contributed by atoms with van der Waals surface area (Å²) in [5.74, 6) is -0.236. The minimum absolute atomic E-state index is 0.0472. The number of fused-ring (bicyclic) bond motifs is 1. The molecule has 2 heterocycles. The second-order valence-corrected chi connectivity index (χ2v) is 6.14. The van der Waals surface area contributed by atoms with E-state index in [2.05, 4.69) is 10.2 Å². The molecule has 0 aromatic heterocycles. The summed E-state index contributed by atoms with van der Waals surface area (Å²) in [6.07, 6.45) is 0. The van der Waals surface area contributed by atoms with Gasteiger partial charge in [0.2, 0.25) is 5.91 Å². The second kappa shape index (κ2) is 6.68. The van der Waals surface area contributed by atoms with Crippen molar-refractivity contribution in [3.05, 3.63) is 29.3 Å². The summed E-state index contributed by atoms with van der Waals surface area (Å²) in [6, 6.07) is 5.41. The average molecular weight is 317 g/mol. The maximum Gasteiger partial charge on any atom is 0.254 e. The molecule has 0 bridgehead atoms. The van der Waals surface area contributed by atoms with E-state index in [0.29, 0.717) is 6.54 Å². The van der Waals surface area contributed by atoms with E-state index in [-0.39, 0.29) is 11.8 Å². The lowest BCUT2D eigenvalue weighted by Gasteiger charge is -2.28. The molecule has 1 fully saturated rings.